The van der Waals surface area contributed by atoms with Crippen molar-refractivity contribution in [3.05, 3.63) is 23.8 Å². The molecule has 16 heavy (non-hydrogen) atoms. The number of aliphatic carboxylic acids is 2. The van der Waals surface area contributed by atoms with E-state index in [1.54, 1.807) is 6.07 Å². The maximum Gasteiger partial charge on any atom is 0.329 e. The van der Waals surface area contributed by atoms with E-state index in [1.165, 1.54) is 6.07 Å². The molecule has 0 saturated carbocycles. The molecule has 1 rings (SSSR count). The summed E-state index contributed by atoms with van der Waals surface area (Å²) in [6.45, 7) is 0. The van der Waals surface area contributed by atoms with Gasteiger partial charge in [0.2, 0.25) is 0 Å². The van der Waals surface area contributed by atoms with Crippen LogP contribution in [-0.2, 0) is 9.59 Å². The first-order valence-electron chi connectivity index (χ1n) is 4.16. The van der Waals surface area contributed by atoms with Crippen LogP contribution in [0.25, 0.3) is 0 Å². The van der Waals surface area contributed by atoms with E-state index < -0.39 is 23.3 Å². The fourth-order valence-electron chi connectivity index (χ4n) is 1.39. The molecule has 0 aromatic rings. The van der Waals surface area contributed by atoms with Crippen LogP contribution in [0.3, 0.4) is 0 Å². The van der Waals surface area contributed by atoms with Gasteiger partial charge in [-0.3, -0.25) is 9.59 Å². The highest BCUT2D eigenvalue weighted by molar-refractivity contribution is 5.90. The predicted octanol–water partition coefficient (Wildman–Crippen LogP) is 0.302. The minimum Gasteiger partial charge on any atom is -0.481 e. The summed E-state index contributed by atoms with van der Waals surface area (Å²) < 4.78 is 0. The lowest BCUT2D eigenvalue weighted by Crippen LogP contribution is -2.40. The molecule has 0 aromatic carbocycles. The van der Waals surface area contributed by atoms with Crippen LogP contribution in [0.5, 0.6) is 0 Å². The third-order valence-electron chi connectivity index (χ3n) is 2.30. The molecule has 0 radical (unpaired) electrons. The van der Waals surface area contributed by atoms with Crippen molar-refractivity contribution in [3.63, 3.8) is 0 Å². The number of rotatable bonds is 2. The molecule has 6 nitrogen and oxygen atoms in total. The lowest BCUT2D eigenvalue weighted by atomic mass is 9.72. The third kappa shape index (κ3) is 1.53. The first-order chi connectivity index (χ1) is 7.47. The maximum atomic E-state index is 11.0. The van der Waals surface area contributed by atoms with Gasteiger partial charge in [-0.15, -0.1) is 0 Å². The molecule has 2 atom stereocenters. The Bertz CT molecular complexity index is 492. The number of carbonyl (C=O) groups is 2. The molecule has 0 bridgehead atoms. The van der Waals surface area contributed by atoms with Crippen molar-refractivity contribution in [1.29, 1.82) is 10.5 Å². The highest BCUT2D eigenvalue weighted by atomic mass is 16.4. The van der Waals surface area contributed by atoms with Gasteiger partial charge in [-0.2, -0.15) is 10.5 Å². The number of nitrogens with zero attached hydrogens (tertiary/aromatic N) is 2. The molecule has 0 aliphatic heterocycles. The smallest absolute Gasteiger partial charge is 0.329 e. The lowest BCUT2D eigenvalue weighted by molar-refractivity contribution is -0.153. The number of carboxylic acids is 2. The van der Waals surface area contributed by atoms with E-state index in [4.69, 9.17) is 20.7 Å². The SMILES string of the molecule is N#CC1=CC(C(=O)O)C(C#N)(C(=O)O)C=C1. The highest BCUT2D eigenvalue weighted by Gasteiger charge is 2.49. The van der Waals surface area contributed by atoms with Crippen LogP contribution in [0.4, 0.5) is 0 Å². The Morgan fingerprint density at radius 1 is 1.38 bits per heavy atom. The molecular weight excluding hydrogens is 212 g/mol. The van der Waals surface area contributed by atoms with Gasteiger partial charge in [-0.25, -0.2) is 0 Å². The zero-order valence-corrected chi connectivity index (χ0v) is 7.91. The van der Waals surface area contributed by atoms with E-state index >= 15 is 0 Å². The topological polar surface area (TPSA) is 122 Å². The summed E-state index contributed by atoms with van der Waals surface area (Å²) in [5, 5.41) is 35.2. The van der Waals surface area contributed by atoms with Crippen molar-refractivity contribution < 1.29 is 19.8 Å². The number of hydrogen-bond donors (Lipinski definition) is 2. The molecule has 6 heteroatoms. The minimum absolute atomic E-state index is 0.0273. The molecule has 1 aliphatic carbocycles. The van der Waals surface area contributed by atoms with Crippen LogP contribution < -0.4 is 0 Å². The van der Waals surface area contributed by atoms with E-state index in [1.807, 2.05) is 0 Å². The monoisotopic (exact) mass is 218 g/mol. The van der Waals surface area contributed by atoms with Crippen LogP contribution in [0.1, 0.15) is 0 Å². The fraction of sp³-hybridized carbons (Fsp3) is 0.200. The molecule has 0 amide bonds. The number of nitriles is 2. The standard InChI is InChI=1S/C10H6N2O4/c11-4-6-1-2-10(5-12,9(15)16)7(3-6)8(13)14/h1-3,7H,(H,13,14)(H,15,16). The van der Waals surface area contributed by atoms with Gasteiger partial charge in [0.1, 0.15) is 5.92 Å². The zero-order valence-electron chi connectivity index (χ0n) is 7.91. The van der Waals surface area contributed by atoms with Crippen molar-refractivity contribution in [1.82, 2.24) is 0 Å². The van der Waals surface area contributed by atoms with Gasteiger partial charge in [0, 0.05) is 5.57 Å². The Balaban J connectivity index is 3.36. The Morgan fingerprint density at radius 2 is 2.00 bits per heavy atom. The molecule has 0 fully saturated rings. The van der Waals surface area contributed by atoms with E-state index in [0.29, 0.717) is 0 Å². The predicted molar refractivity (Wildman–Crippen MR) is 49.6 cm³/mol. The molecule has 0 saturated heterocycles. The average Bonchev–Trinajstić information content (AvgIpc) is 2.27. The fourth-order valence-corrected chi connectivity index (χ4v) is 1.39. The van der Waals surface area contributed by atoms with E-state index in [0.717, 1.165) is 18.2 Å². The Kier molecular flexibility index (Phi) is 2.78. The van der Waals surface area contributed by atoms with Gasteiger partial charge in [0.05, 0.1) is 12.1 Å². The molecule has 0 spiro atoms. The van der Waals surface area contributed by atoms with Crippen molar-refractivity contribution >= 4 is 11.9 Å². The molecule has 0 aromatic heterocycles. The van der Waals surface area contributed by atoms with Crippen LogP contribution >= 0.6 is 0 Å². The second-order valence-corrected chi connectivity index (χ2v) is 3.17. The molecule has 2 N–H and O–H groups in total. The van der Waals surface area contributed by atoms with Crippen molar-refractivity contribution in [2.24, 2.45) is 11.3 Å². The van der Waals surface area contributed by atoms with Gasteiger partial charge < -0.3 is 10.2 Å². The Labute approximate surface area is 90.3 Å². The summed E-state index contributed by atoms with van der Waals surface area (Å²) in [7, 11) is 0. The number of carboxylic acid groups (broad SMARTS) is 2. The summed E-state index contributed by atoms with van der Waals surface area (Å²) >= 11 is 0. The second-order valence-electron chi connectivity index (χ2n) is 3.17. The van der Waals surface area contributed by atoms with E-state index in [9.17, 15) is 9.59 Å². The van der Waals surface area contributed by atoms with Crippen LogP contribution in [0.15, 0.2) is 23.8 Å². The van der Waals surface area contributed by atoms with Crippen LogP contribution in [0.2, 0.25) is 0 Å². The van der Waals surface area contributed by atoms with Crippen molar-refractivity contribution in [3.8, 4) is 12.1 Å². The number of hydrogen-bond acceptors (Lipinski definition) is 4. The van der Waals surface area contributed by atoms with Gasteiger partial charge in [-0.1, -0.05) is 12.2 Å². The minimum atomic E-state index is -2.15. The molecule has 0 heterocycles. The third-order valence-corrected chi connectivity index (χ3v) is 2.30. The molecule has 1 aliphatic rings. The lowest BCUT2D eigenvalue weighted by Gasteiger charge is -2.25. The van der Waals surface area contributed by atoms with Crippen LogP contribution in [0, 0.1) is 34.0 Å². The highest BCUT2D eigenvalue weighted by Crippen LogP contribution is 2.35. The quantitative estimate of drug-likeness (QED) is 0.687. The van der Waals surface area contributed by atoms with E-state index in [-0.39, 0.29) is 5.57 Å². The largest absolute Gasteiger partial charge is 0.481 e. The second kappa shape index (κ2) is 3.87. The van der Waals surface area contributed by atoms with Gasteiger partial charge in [0.15, 0.2) is 5.41 Å². The average molecular weight is 218 g/mol. The van der Waals surface area contributed by atoms with Crippen molar-refractivity contribution in [2.45, 2.75) is 0 Å². The Hall–Kier alpha value is -2.60. The zero-order chi connectivity index (χ0) is 12.3. The molecule has 2 unspecified atom stereocenters. The Morgan fingerprint density at radius 3 is 2.38 bits per heavy atom. The van der Waals surface area contributed by atoms with Crippen molar-refractivity contribution in [2.75, 3.05) is 0 Å². The summed E-state index contributed by atoms with van der Waals surface area (Å²) in [5.41, 5.74) is -2.12. The first-order valence-corrected chi connectivity index (χ1v) is 4.16. The van der Waals surface area contributed by atoms with Gasteiger partial charge in [-0.05, 0) is 6.08 Å². The summed E-state index contributed by atoms with van der Waals surface area (Å²) in [4.78, 5) is 21.9. The van der Waals surface area contributed by atoms with E-state index in [2.05, 4.69) is 0 Å². The summed E-state index contributed by atoms with van der Waals surface area (Å²) in [6.07, 6.45) is 3.04. The normalized spacial score (nSPS) is 27.4. The van der Waals surface area contributed by atoms with Gasteiger partial charge in [0.25, 0.3) is 0 Å². The maximum absolute atomic E-state index is 11.0. The first kappa shape index (κ1) is 11.5. The van der Waals surface area contributed by atoms with Gasteiger partial charge >= 0.3 is 11.9 Å². The summed E-state index contributed by atoms with van der Waals surface area (Å²) in [5.74, 6) is -4.57. The molecule has 80 valence electrons. The summed E-state index contributed by atoms with van der Waals surface area (Å²) in [6, 6.07) is 3.17. The van der Waals surface area contributed by atoms with Crippen LogP contribution in [-0.4, -0.2) is 22.2 Å². The molecular formula is C10H6N2O4. The number of allylic oxidation sites excluding steroid dienone is 2.